The van der Waals surface area contributed by atoms with Gasteiger partial charge in [0.05, 0.1) is 43.2 Å². The minimum Gasteiger partial charge on any atom is -0.527 e. The Morgan fingerprint density at radius 3 is 1.87 bits per heavy atom. The van der Waals surface area contributed by atoms with E-state index in [2.05, 4.69) is 308 Å². The Morgan fingerprint density at radius 2 is 1.10 bits per heavy atom. The number of pyridine rings is 4. The van der Waals surface area contributed by atoms with E-state index in [1.165, 1.54) is 143 Å². The van der Waals surface area contributed by atoms with Crippen molar-refractivity contribution in [3.05, 3.63) is 451 Å². The molecule has 5 aliphatic heterocycles. The van der Waals surface area contributed by atoms with Crippen LogP contribution in [0.3, 0.4) is 0 Å². The number of allylic oxidation sites excluding steroid dienone is 1. The summed E-state index contributed by atoms with van der Waals surface area (Å²) in [5, 5.41) is 9.24. The molecule has 0 unspecified atom stereocenters. The van der Waals surface area contributed by atoms with Gasteiger partial charge < -0.3 is 9.72 Å². The first-order chi connectivity index (χ1) is 61.0. The molecule has 13 aromatic carbocycles. The molecular formula is C108H85IrN9O+2. The molecule has 0 saturated heterocycles. The zero-order valence-electron chi connectivity index (χ0n) is 73.0. The van der Waals surface area contributed by atoms with Crippen molar-refractivity contribution in [1.29, 1.82) is 0 Å². The minimum absolute atomic E-state index is 0. The fourth-order valence-electron chi connectivity index (χ4n) is 17.1. The summed E-state index contributed by atoms with van der Waals surface area (Å²) in [6, 6.07) is 105. The molecule has 0 saturated carbocycles. The van der Waals surface area contributed by atoms with Gasteiger partial charge in [-0.1, -0.05) is 255 Å². The molecule has 0 amide bonds. The van der Waals surface area contributed by atoms with E-state index in [-0.39, 0.29) is 81.7 Å². The first-order valence-corrected chi connectivity index (χ1v) is 39.3. The van der Waals surface area contributed by atoms with Crippen molar-refractivity contribution in [2.24, 2.45) is 0 Å². The number of aromatic nitrogens is 9. The van der Waals surface area contributed by atoms with Crippen LogP contribution in [0.5, 0.6) is 5.75 Å². The first kappa shape index (κ1) is 66.9. The molecular weight excluding hydrogens is 1630 g/mol. The summed E-state index contributed by atoms with van der Waals surface area (Å²) < 4.78 is 83.9. The Morgan fingerprint density at radius 1 is 0.487 bits per heavy atom. The summed E-state index contributed by atoms with van der Waals surface area (Å²) in [4.78, 5) is 8.50. The molecule has 20 aromatic rings. The van der Waals surface area contributed by atoms with Crippen LogP contribution < -0.4 is 23.0 Å². The number of hydrogen-bond acceptors (Lipinski definition) is 3. The third kappa shape index (κ3) is 14.1. The molecule has 25 rings (SSSR count). The Bertz CT molecular complexity index is 7690. The van der Waals surface area contributed by atoms with E-state index in [0.29, 0.717) is 11.3 Å². The summed E-state index contributed by atoms with van der Waals surface area (Å²) >= 11 is 0. The molecule has 1 radical (unpaired) electrons. The number of nitrogens with zero attached hydrogens (tertiary/aromatic N) is 9. The van der Waals surface area contributed by atoms with Crippen LogP contribution in [0.4, 0.5) is 0 Å². The summed E-state index contributed by atoms with van der Waals surface area (Å²) in [5.74, 6) is 3.92. The predicted molar refractivity (Wildman–Crippen MR) is 477 cm³/mol. The maximum atomic E-state index is 7.98. The second-order valence-electron chi connectivity index (χ2n) is 29.6. The number of para-hydroxylation sites is 3. The molecule has 0 fully saturated rings. The summed E-state index contributed by atoms with van der Waals surface area (Å²) in [5.41, 5.74) is 26.3. The number of aryl methyl sites for hydroxylation is 3. The van der Waals surface area contributed by atoms with Crippen molar-refractivity contribution < 1.29 is 54.1 Å². The second-order valence-corrected chi connectivity index (χ2v) is 29.6. The van der Waals surface area contributed by atoms with Crippen molar-refractivity contribution in [3.63, 3.8) is 0 Å². The van der Waals surface area contributed by atoms with E-state index >= 15 is 0 Å². The molecule has 7 aromatic heterocycles. The van der Waals surface area contributed by atoms with Gasteiger partial charge >= 0.3 is 0 Å². The number of hydrogen-bond donors (Lipinski definition) is 0. The van der Waals surface area contributed by atoms with Gasteiger partial charge in [-0.2, -0.15) is 18.1 Å². The van der Waals surface area contributed by atoms with E-state index in [1.807, 2.05) is 84.9 Å². The monoisotopic (exact) mass is 1720 g/mol. The topological polar surface area (TPSA) is 64.8 Å². The van der Waals surface area contributed by atoms with Crippen LogP contribution in [0.2, 0.25) is 0 Å². The van der Waals surface area contributed by atoms with Gasteiger partial charge in [-0.15, -0.1) is 48.0 Å². The van der Waals surface area contributed by atoms with Crippen LogP contribution in [0.15, 0.2) is 389 Å². The molecule has 12 heterocycles. The second kappa shape index (κ2) is 32.7. The van der Waals surface area contributed by atoms with E-state index in [1.54, 1.807) is 12.4 Å². The van der Waals surface area contributed by atoms with Crippen molar-refractivity contribution in [2.75, 3.05) is 0 Å². The van der Waals surface area contributed by atoms with Crippen LogP contribution >= 0.6 is 0 Å². The SMILES string of the molecule is C.C=C1Oc2ccccc2[C-]=C1c1ccccn1.Cc1ccc2c(c1)c1cccc3c1c1n2c(-c2c(C)cccc2C)c[n+]1C3.[2H]c1c([2H])c([2H])c2c(c1[2H])C[n+]1c([2H])c([2H])c([2H])c([2H])c1-2.[Ir].[c-]1ccccc1-c1ccccn1.c1ccc2c(c1)C[n+]1c-2n(-c2cccc3ccccc23)c2ccccc21.c1ccc2c(c1)C[n+]1ccn(-c3cccc4ccccc34)c1-2. The molecule has 10 nitrogen and oxygen atoms in total. The minimum atomic E-state index is -0.411. The van der Waals surface area contributed by atoms with Gasteiger partial charge in [0.15, 0.2) is 29.4 Å². The number of fused-ring (bicyclic) bond motifs is 17. The first-order valence-electron chi connectivity index (χ1n) is 43.3. The smallest absolute Gasteiger partial charge is 0.295 e. The molecule has 0 aliphatic carbocycles. The van der Waals surface area contributed by atoms with Crippen LogP contribution in [-0.2, 0) is 46.3 Å². The maximum absolute atomic E-state index is 7.98. The summed E-state index contributed by atoms with van der Waals surface area (Å²) in [6.07, 6.45) is 13.3. The average molecular weight is 1730 g/mol. The Labute approximate surface area is 718 Å². The molecule has 11 heteroatoms. The van der Waals surface area contributed by atoms with Crippen LogP contribution in [-0.4, -0.2) is 23.5 Å². The van der Waals surface area contributed by atoms with Gasteiger partial charge in [-0.25, -0.2) is 13.7 Å². The maximum Gasteiger partial charge on any atom is 0.295 e. The third-order valence-electron chi connectivity index (χ3n) is 22.4. The predicted octanol–water partition coefficient (Wildman–Crippen LogP) is 22.9. The zero-order valence-corrected chi connectivity index (χ0v) is 67.4. The van der Waals surface area contributed by atoms with Crippen molar-refractivity contribution in [3.8, 4) is 73.7 Å². The van der Waals surface area contributed by atoms with Gasteiger partial charge in [-0.05, 0) is 121 Å². The molecule has 0 spiro atoms. The fraction of sp³-hybridized carbons (Fsp3) is 0.0741. The van der Waals surface area contributed by atoms with E-state index in [4.69, 9.17) is 15.7 Å². The van der Waals surface area contributed by atoms with Crippen LogP contribution in [0.25, 0.3) is 133 Å². The average Bonchev–Trinajstić information content (AvgIpc) is 1.56. The Balaban J connectivity index is 0.000000104. The molecule has 5 aliphatic rings. The quantitative estimate of drug-likeness (QED) is 0.0980. The van der Waals surface area contributed by atoms with Gasteiger partial charge in [0, 0.05) is 99.6 Å². The van der Waals surface area contributed by atoms with Crippen LogP contribution in [0, 0.1) is 32.9 Å². The Hall–Kier alpha value is -14.4. The van der Waals surface area contributed by atoms with Crippen molar-refractivity contribution in [2.45, 2.75) is 54.4 Å². The number of benzene rings is 13. The Kier molecular flexibility index (Phi) is 18.4. The van der Waals surface area contributed by atoms with E-state index < -0.39 is 12.1 Å². The zero-order chi connectivity index (χ0) is 85.4. The third-order valence-corrected chi connectivity index (χ3v) is 22.4. The molecule has 0 bridgehead atoms. The van der Waals surface area contributed by atoms with E-state index in [9.17, 15) is 0 Å². The van der Waals surface area contributed by atoms with Crippen molar-refractivity contribution >= 4 is 65.5 Å². The summed E-state index contributed by atoms with van der Waals surface area (Å²) in [6.45, 7) is 13.4. The number of rotatable bonds is 5. The molecule has 0 atom stereocenters. The van der Waals surface area contributed by atoms with Gasteiger partial charge in [0.2, 0.25) is 5.69 Å². The van der Waals surface area contributed by atoms with Gasteiger partial charge in [0.1, 0.15) is 56.5 Å². The summed E-state index contributed by atoms with van der Waals surface area (Å²) in [7, 11) is 0. The van der Waals surface area contributed by atoms with Gasteiger partial charge in [-0.3, -0.25) is 4.98 Å². The van der Waals surface area contributed by atoms with Crippen LogP contribution in [0.1, 0.15) is 68.6 Å². The molecule has 119 heavy (non-hydrogen) atoms. The molecule has 575 valence electrons. The standard InChI is InChI=1S/C25H21N2.C24H17N2.C20H15N2.C15H10NO.C12H10N.C11H8N.CH4.Ir/c1-15-10-11-21-20(12-15)19-9-5-8-18-13-26-14-22(27(21)25(26)24(18)19)23-16(2)6-4-7-17(23)3;1-3-11-19-17(8-1)10-7-15-21(19)26-23-14-6-5-13-22(23)25-16-18-9-2-4-12-20(18)24(25)26;1-3-9-17-15(6-1)8-5-11-19(17)22-13-12-21-14-16-7-2-4-10-18(16)20(21)22;1-11-13(14-7-4-5-9-16-14)10-12-6-2-3-8-15(12)17-11;1-2-6-11-10(5-1)9-13-8-4-3-7-12(11)13;1-2-6-10(7-3-1)11-8-4-5-9-12-11;;/h4-12,14H,13H2,1-3H3;1-15H,16H2;1-13H,14H2;2-9H,1H2;1-8H,9H2;1-6,8-9H;1H4;/q3*+1;-1;+1;-1;;/i;;;;1D,2D,3D,4D,5D,6D,7D,8D;;;. The van der Waals surface area contributed by atoms with Gasteiger partial charge in [0.25, 0.3) is 17.3 Å². The number of ether oxygens (including phenoxy) is 1. The largest absolute Gasteiger partial charge is 0.527 e. The molecule has 0 N–H and O–H groups in total. The normalized spacial score (nSPS) is 13.1. The van der Waals surface area contributed by atoms with Crippen molar-refractivity contribution in [1.82, 2.24) is 23.5 Å². The fourth-order valence-corrected chi connectivity index (χ4v) is 17.1. The van der Waals surface area contributed by atoms with E-state index in [0.717, 1.165) is 53.5 Å². The number of imidazole rings is 3.